The fraction of sp³-hybridized carbons (Fsp3) is 0.500. The van der Waals surface area contributed by atoms with E-state index in [0.29, 0.717) is 35.2 Å². The number of aromatic nitrogens is 6. The maximum atomic E-state index is 12.3. The summed E-state index contributed by atoms with van der Waals surface area (Å²) in [6.07, 6.45) is 1.54. The van der Waals surface area contributed by atoms with Crippen LogP contribution < -0.4 is 10.5 Å². The number of rotatable bonds is 3. The number of aromatic amines is 1. The molecular formula is C14H19N7O2. The quantitative estimate of drug-likeness (QED) is 0.773. The summed E-state index contributed by atoms with van der Waals surface area (Å²) in [7, 11) is 1.80. The number of anilines is 1. The van der Waals surface area contributed by atoms with E-state index in [0.717, 1.165) is 0 Å². The van der Waals surface area contributed by atoms with Gasteiger partial charge in [-0.1, -0.05) is 5.16 Å². The summed E-state index contributed by atoms with van der Waals surface area (Å²) in [5.41, 5.74) is 0.0485. The van der Waals surface area contributed by atoms with Gasteiger partial charge >= 0.3 is 0 Å². The molecule has 3 heterocycles. The highest BCUT2D eigenvalue weighted by Crippen LogP contribution is 2.19. The Morgan fingerprint density at radius 1 is 1.35 bits per heavy atom. The molecule has 3 aromatic heterocycles. The van der Waals surface area contributed by atoms with Gasteiger partial charge in [-0.2, -0.15) is 15.1 Å². The van der Waals surface area contributed by atoms with Crippen molar-refractivity contribution in [3.8, 4) is 0 Å². The van der Waals surface area contributed by atoms with E-state index in [2.05, 4.69) is 25.2 Å². The van der Waals surface area contributed by atoms with E-state index in [1.165, 1.54) is 0 Å². The first-order valence-electron chi connectivity index (χ1n) is 7.24. The fourth-order valence-corrected chi connectivity index (χ4v) is 2.27. The van der Waals surface area contributed by atoms with Crippen molar-refractivity contribution in [3.63, 3.8) is 0 Å². The van der Waals surface area contributed by atoms with Gasteiger partial charge in [-0.15, -0.1) is 0 Å². The van der Waals surface area contributed by atoms with Crippen LogP contribution in [0.3, 0.4) is 0 Å². The summed E-state index contributed by atoms with van der Waals surface area (Å²) in [4.78, 5) is 25.5. The molecule has 1 N–H and O–H groups in total. The summed E-state index contributed by atoms with van der Waals surface area (Å²) < 4.78 is 6.70. The molecule has 23 heavy (non-hydrogen) atoms. The molecule has 9 nitrogen and oxygen atoms in total. The van der Waals surface area contributed by atoms with Gasteiger partial charge in [0.25, 0.3) is 5.56 Å². The number of H-pyrrole nitrogens is 1. The fourth-order valence-electron chi connectivity index (χ4n) is 2.27. The number of hydrogen-bond acceptors (Lipinski definition) is 7. The molecule has 0 bridgehead atoms. The SMILES string of the molecule is Cc1nc(CN(C)c2nc3c(cnn3C(C)(C)C)c(=O)[nH]2)no1. The van der Waals surface area contributed by atoms with Crippen molar-refractivity contribution in [2.45, 2.75) is 39.8 Å². The molecular weight excluding hydrogens is 298 g/mol. The molecule has 3 aromatic rings. The Labute approximate surface area is 132 Å². The Morgan fingerprint density at radius 2 is 2.09 bits per heavy atom. The molecule has 0 fully saturated rings. The van der Waals surface area contributed by atoms with Gasteiger partial charge in [-0.25, -0.2) is 4.68 Å². The zero-order valence-electron chi connectivity index (χ0n) is 13.8. The van der Waals surface area contributed by atoms with Gasteiger partial charge in [0.2, 0.25) is 11.8 Å². The first-order valence-corrected chi connectivity index (χ1v) is 7.24. The van der Waals surface area contributed by atoms with Gasteiger partial charge < -0.3 is 9.42 Å². The lowest BCUT2D eigenvalue weighted by Gasteiger charge is -2.21. The topological polar surface area (TPSA) is 106 Å². The second-order valence-corrected chi connectivity index (χ2v) is 6.44. The van der Waals surface area contributed by atoms with Crippen molar-refractivity contribution >= 4 is 17.0 Å². The van der Waals surface area contributed by atoms with Crippen molar-refractivity contribution in [2.75, 3.05) is 11.9 Å². The van der Waals surface area contributed by atoms with E-state index in [1.807, 2.05) is 20.8 Å². The standard InChI is InChI=1S/C14H19N7O2/c1-8-16-10(19-23-8)7-20(5)13-17-11-9(12(22)18-13)6-15-21(11)14(2,3)4/h6H,7H2,1-5H3,(H,17,18,22). The Balaban J connectivity index is 2.02. The Hall–Kier alpha value is -2.71. The second kappa shape index (κ2) is 5.18. The molecule has 0 aliphatic carbocycles. The minimum Gasteiger partial charge on any atom is -0.340 e. The highest BCUT2D eigenvalue weighted by Gasteiger charge is 2.21. The minimum atomic E-state index is -0.275. The average Bonchev–Trinajstić information content (AvgIpc) is 3.04. The second-order valence-electron chi connectivity index (χ2n) is 6.44. The largest absolute Gasteiger partial charge is 0.340 e. The Morgan fingerprint density at radius 3 is 2.70 bits per heavy atom. The molecule has 0 saturated carbocycles. The highest BCUT2D eigenvalue weighted by atomic mass is 16.5. The van der Waals surface area contributed by atoms with Gasteiger partial charge in [0, 0.05) is 14.0 Å². The predicted molar refractivity (Wildman–Crippen MR) is 84.3 cm³/mol. The maximum absolute atomic E-state index is 12.3. The zero-order chi connectivity index (χ0) is 16.8. The van der Waals surface area contributed by atoms with Crippen LogP contribution in [0.4, 0.5) is 5.95 Å². The summed E-state index contributed by atoms with van der Waals surface area (Å²) in [6, 6.07) is 0. The van der Waals surface area contributed by atoms with Gasteiger partial charge in [0.15, 0.2) is 11.5 Å². The van der Waals surface area contributed by atoms with Crippen LogP contribution in [0.2, 0.25) is 0 Å². The van der Waals surface area contributed by atoms with Gasteiger partial charge in [-0.3, -0.25) is 9.78 Å². The van der Waals surface area contributed by atoms with E-state index >= 15 is 0 Å². The summed E-state index contributed by atoms with van der Waals surface area (Å²) >= 11 is 0. The smallest absolute Gasteiger partial charge is 0.263 e. The lowest BCUT2D eigenvalue weighted by atomic mass is 10.1. The van der Waals surface area contributed by atoms with Crippen LogP contribution in [-0.4, -0.2) is 36.9 Å². The first-order chi connectivity index (χ1) is 10.8. The average molecular weight is 317 g/mol. The van der Waals surface area contributed by atoms with Gasteiger partial charge in [-0.05, 0) is 20.8 Å². The van der Waals surface area contributed by atoms with E-state index in [-0.39, 0.29) is 11.1 Å². The van der Waals surface area contributed by atoms with Crippen molar-refractivity contribution < 1.29 is 4.52 Å². The summed E-state index contributed by atoms with van der Waals surface area (Å²) in [6.45, 7) is 8.12. The lowest BCUT2D eigenvalue weighted by Crippen LogP contribution is -2.26. The number of fused-ring (bicyclic) bond motifs is 1. The van der Waals surface area contributed by atoms with Crippen molar-refractivity contribution in [3.05, 3.63) is 28.3 Å². The number of aryl methyl sites for hydroxylation is 1. The molecule has 0 aliphatic rings. The molecule has 0 amide bonds. The highest BCUT2D eigenvalue weighted by molar-refractivity contribution is 5.74. The van der Waals surface area contributed by atoms with E-state index < -0.39 is 0 Å². The molecule has 0 atom stereocenters. The third-order valence-electron chi connectivity index (χ3n) is 3.37. The van der Waals surface area contributed by atoms with Crippen LogP contribution in [-0.2, 0) is 12.1 Å². The van der Waals surface area contributed by atoms with Crippen molar-refractivity contribution in [1.29, 1.82) is 0 Å². The predicted octanol–water partition coefficient (Wildman–Crippen LogP) is 1.20. The third-order valence-corrected chi connectivity index (χ3v) is 3.37. The number of nitrogens with one attached hydrogen (secondary N) is 1. The monoisotopic (exact) mass is 317 g/mol. The van der Waals surface area contributed by atoms with Crippen LogP contribution in [0.15, 0.2) is 15.5 Å². The van der Waals surface area contributed by atoms with Gasteiger partial charge in [0.1, 0.15) is 5.39 Å². The molecule has 0 radical (unpaired) electrons. The molecule has 122 valence electrons. The number of hydrogen-bond donors (Lipinski definition) is 1. The molecule has 0 unspecified atom stereocenters. The molecule has 0 aromatic carbocycles. The summed E-state index contributed by atoms with van der Waals surface area (Å²) in [5.74, 6) is 1.45. The zero-order valence-corrected chi connectivity index (χ0v) is 13.8. The molecule has 0 aliphatic heterocycles. The first kappa shape index (κ1) is 15.2. The van der Waals surface area contributed by atoms with Crippen LogP contribution in [0.1, 0.15) is 32.5 Å². The Kier molecular flexibility index (Phi) is 3.42. The van der Waals surface area contributed by atoms with Crippen molar-refractivity contribution in [1.82, 2.24) is 29.9 Å². The minimum absolute atomic E-state index is 0.225. The van der Waals surface area contributed by atoms with E-state index in [9.17, 15) is 4.79 Å². The lowest BCUT2D eigenvalue weighted by molar-refractivity contribution is 0.366. The van der Waals surface area contributed by atoms with Crippen LogP contribution >= 0.6 is 0 Å². The Bertz CT molecular complexity index is 900. The van der Waals surface area contributed by atoms with Crippen LogP contribution in [0.25, 0.3) is 11.0 Å². The summed E-state index contributed by atoms with van der Waals surface area (Å²) in [5, 5.41) is 8.60. The molecule has 3 rings (SSSR count). The third kappa shape index (κ3) is 2.81. The van der Waals surface area contributed by atoms with Crippen LogP contribution in [0.5, 0.6) is 0 Å². The maximum Gasteiger partial charge on any atom is 0.263 e. The van der Waals surface area contributed by atoms with Crippen LogP contribution in [0, 0.1) is 6.92 Å². The molecule has 0 spiro atoms. The molecule has 9 heteroatoms. The normalized spacial score (nSPS) is 12.0. The van der Waals surface area contributed by atoms with E-state index in [4.69, 9.17) is 4.52 Å². The molecule has 0 saturated heterocycles. The van der Waals surface area contributed by atoms with Crippen molar-refractivity contribution in [2.24, 2.45) is 0 Å². The van der Waals surface area contributed by atoms with E-state index in [1.54, 1.807) is 29.7 Å². The van der Waals surface area contributed by atoms with Gasteiger partial charge in [0.05, 0.1) is 18.3 Å². The number of nitrogens with zero attached hydrogens (tertiary/aromatic N) is 6.